The van der Waals surface area contributed by atoms with Crippen LogP contribution in [0.4, 0.5) is 14.5 Å². The Morgan fingerprint density at radius 1 is 1.26 bits per heavy atom. The summed E-state index contributed by atoms with van der Waals surface area (Å²) >= 11 is 0. The fourth-order valence-corrected chi connectivity index (χ4v) is 2.44. The fourth-order valence-electron chi connectivity index (χ4n) is 2.44. The number of ether oxygens (including phenoxy) is 1. The number of anilines is 1. The molecule has 0 radical (unpaired) electrons. The molecule has 3 nitrogen and oxygen atoms in total. The molecule has 5 heteroatoms. The van der Waals surface area contributed by atoms with Gasteiger partial charge in [0, 0.05) is 6.04 Å². The van der Waals surface area contributed by atoms with E-state index in [-0.39, 0.29) is 17.7 Å². The van der Waals surface area contributed by atoms with Gasteiger partial charge in [0.05, 0.1) is 17.7 Å². The summed E-state index contributed by atoms with van der Waals surface area (Å²) in [6.07, 6.45) is 3.83. The van der Waals surface area contributed by atoms with E-state index >= 15 is 0 Å². The van der Waals surface area contributed by atoms with Gasteiger partial charge >= 0.3 is 6.61 Å². The van der Waals surface area contributed by atoms with E-state index < -0.39 is 6.61 Å². The Morgan fingerprint density at radius 2 is 2.00 bits per heavy atom. The molecule has 2 unspecified atom stereocenters. The highest BCUT2D eigenvalue weighted by Crippen LogP contribution is 2.31. The Bertz CT molecular complexity index is 459. The standard InChI is InChI=1S/C14H16F2N2O/c15-14(16)19-13-8-4-3-7-12(13)18-11-6-2-1-5-10(11)9-17/h3-4,7-8,10-11,14,18H,1-2,5-6H2. The molecule has 1 fully saturated rings. The first-order valence-electron chi connectivity index (χ1n) is 6.40. The van der Waals surface area contributed by atoms with Crippen molar-refractivity contribution in [2.24, 2.45) is 5.92 Å². The molecule has 0 amide bonds. The van der Waals surface area contributed by atoms with Gasteiger partial charge in [-0.2, -0.15) is 14.0 Å². The number of nitrogens with zero attached hydrogens (tertiary/aromatic N) is 1. The predicted octanol–water partition coefficient (Wildman–Crippen LogP) is 3.78. The Kier molecular flexibility index (Phi) is 4.56. The second-order valence-corrected chi connectivity index (χ2v) is 4.65. The average Bonchev–Trinajstić information content (AvgIpc) is 2.41. The lowest BCUT2D eigenvalue weighted by atomic mass is 9.85. The maximum Gasteiger partial charge on any atom is 0.387 e. The van der Waals surface area contributed by atoms with Gasteiger partial charge in [-0.15, -0.1) is 0 Å². The first-order chi connectivity index (χ1) is 9.20. The van der Waals surface area contributed by atoms with E-state index in [9.17, 15) is 8.78 Å². The average molecular weight is 266 g/mol. The van der Waals surface area contributed by atoms with Crippen LogP contribution in [-0.4, -0.2) is 12.7 Å². The van der Waals surface area contributed by atoms with E-state index in [0.717, 1.165) is 25.7 Å². The lowest BCUT2D eigenvalue weighted by Crippen LogP contribution is -2.31. The quantitative estimate of drug-likeness (QED) is 0.902. The normalized spacial score (nSPS) is 22.8. The van der Waals surface area contributed by atoms with E-state index in [1.54, 1.807) is 18.2 Å². The zero-order valence-corrected chi connectivity index (χ0v) is 10.5. The molecule has 1 aliphatic carbocycles. The number of hydrogen-bond acceptors (Lipinski definition) is 3. The summed E-state index contributed by atoms with van der Waals surface area (Å²) in [7, 11) is 0. The van der Waals surface area contributed by atoms with Gasteiger partial charge in [0.25, 0.3) is 0 Å². The summed E-state index contributed by atoms with van der Waals surface area (Å²) in [5.41, 5.74) is 0.523. The first kappa shape index (κ1) is 13.6. The molecule has 1 aromatic rings. The topological polar surface area (TPSA) is 45.0 Å². The smallest absolute Gasteiger partial charge is 0.387 e. The molecule has 1 N–H and O–H groups in total. The monoisotopic (exact) mass is 266 g/mol. The van der Waals surface area contributed by atoms with Crippen LogP contribution in [0.5, 0.6) is 5.75 Å². The van der Waals surface area contributed by atoms with Gasteiger partial charge < -0.3 is 10.1 Å². The van der Waals surface area contributed by atoms with E-state index in [4.69, 9.17) is 5.26 Å². The summed E-state index contributed by atoms with van der Waals surface area (Å²) in [5, 5.41) is 12.3. The van der Waals surface area contributed by atoms with Crippen molar-refractivity contribution in [1.82, 2.24) is 0 Å². The van der Waals surface area contributed by atoms with Crippen LogP contribution in [0.1, 0.15) is 25.7 Å². The van der Waals surface area contributed by atoms with Crippen molar-refractivity contribution in [3.63, 3.8) is 0 Å². The minimum Gasteiger partial charge on any atom is -0.433 e. The van der Waals surface area contributed by atoms with Crippen LogP contribution in [0.15, 0.2) is 24.3 Å². The van der Waals surface area contributed by atoms with Crippen molar-refractivity contribution < 1.29 is 13.5 Å². The summed E-state index contributed by atoms with van der Waals surface area (Å²) in [6, 6.07) is 8.88. The molecular weight excluding hydrogens is 250 g/mol. The summed E-state index contributed by atoms with van der Waals surface area (Å²) < 4.78 is 29.1. The molecule has 102 valence electrons. The van der Waals surface area contributed by atoms with Gasteiger partial charge in [-0.1, -0.05) is 25.0 Å². The number of nitriles is 1. The lowest BCUT2D eigenvalue weighted by molar-refractivity contribution is -0.0494. The van der Waals surface area contributed by atoms with Crippen molar-refractivity contribution in [1.29, 1.82) is 5.26 Å². The Labute approximate surface area is 111 Å². The van der Waals surface area contributed by atoms with Crippen LogP contribution in [-0.2, 0) is 0 Å². The highest BCUT2D eigenvalue weighted by molar-refractivity contribution is 5.57. The highest BCUT2D eigenvalue weighted by Gasteiger charge is 2.25. The molecule has 19 heavy (non-hydrogen) atoms. The molecule has 2 rings (SSSR count). The van der Waals surface area contributed by atoms with Crippen LogP contribution in [0.2, 0.25) is 0 Å². The number of alkyl halides is 2. The molecule has 1 saturated carbocycles. The van der Waals surface area contributed by atoms with Gasteiger partial charge in [0.2, 0.25) is 0 Å². The molecule has 0 aliphatic heterocycles. The lowest BCUT2D eigenvalue weighted by Gasteiger charge is -2.29. The number of nitrogens with one attached hydrogen (secondary N) is 1. The van der Waals surface area contributed by atoms with E-state index in [1.165, 1.54) is 6.07 Å². The molecule has 0 spiro atoms. The number of para-hydroxylation sites is 2. The minimum atomic E-state index is -2.85. The van der Waals surface area contributed by atoms with Gasteiger partial charge in [-0.3, -0.25) is 0 Å². The third kappa shape index (κ3) is 3.57. The summed E-state index contributed by atoms with van der Waals surface area (Å²) in [4.78, 5) is 0. The molecule has 0 bridgehead atoms. The summed E-state index contributed by atoms with van der Waals surface area (Å²) in [6.45, 7) is -2.85. The van der Waals surface area contributed by atoms with Crippen LogP contribution in [0, 0.1) is 17.2 Å². The third-order valence-corrected chi connectivity index (χ3v) is 3.38. The Balaban J connectivity index is 2.11. The van der Waals surface area contributed by atoms with Crippen molar-refractivity contribution in [3.8, 4) is 11.8 Å². The molecule has 1 aromatic carbocycles. The Morgan fingerprint density at radius 3 is 2.74 bits per heavy atom. The van der Waals surface area contributed by atoms with E-state index in [0.29, 0.717) is 5.69 Å². The third-order valence-electron chi connectivity index (χ3n) is 3.38. The second-order valence-electron chi connectivity index (χ2n) is 4.65. The van der Waals surface area contributed by atoms with Gasteiger partial charge in [-0.05, 0) is 25.0 Å². The molecular formula is C14H16F2N2O. The maximum atomic E-state index is 12.3. The van der Waals surface area contributed by atoms with Gasteiger partial charge in [-0.25, -0.2) is 0 Å². The van der Waals surface area contributed by atoms with Gasteiger partial charge in [0.1, 0.15) is 5.75 Å². The minimum absolute atomic E-state index is 0.00109. The van der Waals surface area contributed by atoms with E-state index in [2.05, 4.69) is 16.1 Å². The number of benzene rings is 1. The van der Waals surface area contributed by atoms with Crippen molar-refractivity contribution in [2.75, 3.05) is 5.32 Å². The van der Waals surface area contributed by atoms with Crippen LogP contribution < -0.4 is 10.1 Å². The molecule has 0 heterocycles. The predicted molar refractivity (Wildman–Crippen MR) is 68.1 cm³/mol. The largest absolute Gasteiger partial charge is 0.433 e. The van der Waals surface area contributed by atoms with Gasteiger partial charge in [0.15, 0.2) is 0 Å². The van der Waals surface area contributed by atoms with Crippen molar-refractivity contribution in [3.05, 3.63) is 24.3 Å². The Hall–Kier alpha value is -1.83. The maximum absolute atomic E-state index is 12.3. The molecule has 0 aromatic heterocycles. The second kappa shape index (κ2) is 6.37. The molecule has 1 aliphatic rings. The van der Waals surface area contributed by atoms with Crippen LogP contribution >= 0.6 is 0 Å². The van der Waals surface area contributed by atoms with Crippen molar-refractivity contribution >= 4 is 5.69 Å². The SMILES string of the molecule is N#CC1CCCCC1Nc1ccccc1OC(F)F. The molecule has 2 atom stereocenters. The summed E-state index contributed by atoms with van der Waals surface area (Å²) in [5.74, 6) is 0.0492. The zero-order chi connectivity index (χ0) is 13.7. The van der Waals surface area contributed by atoms with Crippen molar-refractivity contribution in [2.45, 2.75) is 38.3 Å². The zero-order valence-electron chi connectivity index (χ0n) is 10.5. The number of hydrogen-bond donors (Lipinski definition) is 1. The number of rotatable bonds is 4. The fraction of sp³-hybridized carbons (Fsp3) is 0.500. The highest BCUT2D eigenvalue weighted by atomic mass is 19.3. The number of halogens is 2. The van der Waals surface area contributed by atoms with E-state index in [1.807, 2.05) is 0 Å². The molecule has 0 saturated heterocycles. The van der Waals surface area contributed by atoms with Crippen LogP contribution in [0.3, 0.4) is 0 Å². The van der Waals surface area contributed by atoms with Crippen LogP contribution in [0.25, 0.3) is 0 Å². The first-order valence-corrected chi connectivity index (χ1v) is 6.40.